The fourth-order valence-corrected chi connectivity index (χ4v) is 2.06. The van der Waals surface area contributed by atoms with Gasteiger partial charge in [0, 0.05) is 12.5 Å². The Kier molecular flexibility index (Phi) is 2.80. The van der Waals surface area contributed by atoms with Gasteiger partial charge in [0.15, 0.2) is 0 Å². The first kappa shape index (κ1) is 10.7. The average molecular weight is 236 g/mol. The van der Waals surface area contributed by atoms with Gasteiger partial charge < -0.3 is 9.73 Å². The predicted molar refractivity (Wildman–Crippen MR) is 60.5 cm³/mol. The highest BCUT2D eigenvalue weighted by atomic mass is 16.4. The maximum absolute atomic E-state index is 11.9. The Hall–Kier alpha value is -1.43. The summed E-state index contributed by atoms with van der Waals surface area (Å²) in [5, 5.41) is 13.7. The van der Waals surface area contributed by atoms with Gasteiger partial charge in [0.1, 0.15) is 0 Å². The van der Waals surface area contributed by atoms with Crippen molar-refractivity contribution in [1.29, 1.82) is 0 Å². The van der Waals surface area contributed by atoms with E-state index in [4.69, 9.17) is 4.42 Å². The third-order valence-electron chi connectivity index (χ3n) is 3.27. The molecular weight excluding hydrogens is 220 g/mol. The van der Waals surface area contributed by atoms with E-state index in [0.717, 1.165) is 38.8 Å². The van der Waals surface area contributed by atoms with E-state index in [1.165, 1.54) is 0 Å². The van der Waals surface area contributed by atoms with Crippen LogP contribution in [-0.4, -0.2) is 29.2 Å². The molecule has 1 saturated carbocycles. The van der Waals surface area contributed by atoms with E-state index in [9.17, 15) is 4.79 Å². The van der Waals surface area contributed by atoms with E-state index in [-0.39, 0.29) is 17.8 Å². The summed E-state index contributed by atoms with van der Waals surface area (Å²) < 4.78 is 5.39. The van der Waals surface area contributed by atoms with Crippen molar-refractivity contribution < 1.29 is 9.21 Å². The van der Waals surface area contributed by atoms with Crippen molar-refractivity contribution in [2.45, 2.75) is 31.6 Å². The first-order chi connectivity index (χ1) is 8.33. The molecule has 2 N–H and O–H groups in total. The molecule has 92 valence electrons. The molecular formula is C11H16N4O2. The van der Waals surface area contributed by atoms with Gasteiger partial charge in [0.2, 0.25) is 11.8 Å². The first-order valence-corrected chi connectivity index (χ1v) is 6.18. The van der Waals surface area contributed by atoms with Crippen molar-refractivity contribution in [2.75, 3.05) is 18.4 Å². The molecule has 1 atom stereocenters. The molecule has 0 spiro atoms. The molecule has 0 radical (unpaired) electrons. The SMILES string of the molecule is O=C(Nc1nnc(C2CC2)o1)[C@H]1CCCNC1. The molecule has 1 aromatic rings. The highest BCUT2D eigenvalue weighted by Crippen LogP contribution is 2.39. The minimum atomic E-state index is -0.0248. The summed E-state index contributed by atoms with van der Waals surface area (Å²) in [6, 6.07) is 0.238. The molecule has 1 aliphatic carbocycles. The standard InChI is InChI=1S/C11H16N4O2/c16-9(8-2-1-5-12-6-8)13-11-15-14-10(17-11)7-3-4-7/h7-8,12H,1-6H2,(H,13,15,16)/t8-/m0/s1. The van der Waals surface area contributed by atoms with Crippen molar-refractivity contribution in [3.8, 4) is 0 Å². The van der Waals surface area contributed by atoms with Crippen molar-refractivity contribution in [3.05, 3.63) is 5.89 Å². The maximum atomic E-state index is 11.9. The molecule has 2 aliphatic rings. The maximum Gasteiger partial charge on any atom is 0.322 e. The molecule has 3 rings (SSSR count). The van der Waals surface area contributed by atoms with Gasteiger partial charge in [-0.2, -0.15) is 0 Å². The lowest BCUT2D eigenvalue weighted by Gasteiger charge is -2.20. The molecule has 0 unspecified atom stereocenters. The number of aromatic nitrogens is 2. The lowest BCUT2D eigenvalue weighted by Crippen LogP contribution is -2.37. The predicted octanol–water partition coefficient (Wildman–Crippen LogP) is 0.885. The van der Waals surface area contributed by atoms with Crippen LogP contribution in [0, 0.1) is 5.92 Å². The molecule has 0 aromatic carbocycles. The third kappa shape index (κ3) is 2.46. The van der Waals surface area contributed by atoms with Crippen molar-refractivity contribution in [3.63, 3.8) is 0 Å². The fraction of sp³-hybridized carbons (Fsp3) is 0.727. The van der Waals surface area contributed by atoms with Crippen LogP contribution in [0.25, 0.3) is 0 Å². The van der Waals surface area contributed by atoms with E-state index in [1.54, 1.807) is 0 Å². The van der Waals surface area contributed by atoms with Crippen LogP contribution in [0.3, 0.4) is 0 Å². The number of nitrogens with zero attached hydrogens (tertiary/aromatic N) is 2. The Morgan fingerprint density at radius 2 is 2.24 bits per heavy atom. The number of carbonyl (C=O) groups is 1. The summed E-state index contributed by atoms with van der Waals surface area (Å²) in [5.74, 6) is 1.06. The first-order valence-electron chi connectivity index (χ1n) is 6.18. The molecule has 2 fully saturated rings. The Morgan fingerprint density at radius 1 is 1.35 bits per heavy atom. The van der Waals surface area contributed by atoms with Crippen molar-refractivity contribution in [1.82, 2.24) is 15.5 Å². The Labute approximate surface area is 99.2 Å². The number of carbonyl (C=O) groups excluding carboxylic acids is 1. The summed E-state index contributed by atoms with van der Waals surface area (Å²) in [4.78, 5) is 11.9. The third-order valence-corrected chi connectivity index (χ3v) is 3.27. The molecule has 17 heavy (non-hydrogen) atoms. The number of rotatable bonds is 3. The van der Waals surface area contributed by atoms with Crippen LogP contribution in [0.15, 0.2) is 4.42 Å². The van der Waals surface area contributed by atoms with Gasteiger partial charge in [-0.1, -0.05) is 5.10 Å². The molecule has 1 saturated heterocycles. The Balaban J connectivity index is 1.58. The van der Waals surface area contributed by atoms with E-state index in [2.05, 4.69) is 20.8 Å². The van der Waals surface area contributed by atoms with Gasteiger partial charge in [0.05, 0.1) is 5.92 Å². The number of hydrogen-bond donors (Lipinski definition) is 2. The molecule has 2 heterocycles. The second kappa shape index (κ2) is 4.44. The smallest absolute Gasteiger partial charge is 0.322 e. The van der Waals surface area contributed by atoms with E-state index in [1.807, 2.05) is 0 Å². The number of piperidine rings is 1. The lowest BCUT2D eigenvalue weighted by atomic mass is 9.99. The number of anilines is 1. The Bertz CT molecular complexity index is 407. The number of amides is 1. The summed E-state index contributed by atoms with van der Waals surface area (Å²) in [7, 11) is 0. The highest BCUT2D eigenvalue weighted by Gasteiger charge is 2.30. The number of nitrogens with one attached hydrogen (secondary N) is 2. The zero-order valence-electron chi connectivity index (χ0n) is 9.61. The summed E-state index contributed by atoms with van der Waals surface area (Å²) in [5.41, 5.74) is 0. The normalized spacial score (nSPS) is 24.6. The second-order valence-corrected chi connectivity index (χ2v) is 4.75. The fourth-order valence-electron chi connectivity index (χ4n) is 2.06. The summed E-state index contributed by atoms with van der Waals surface area (Å²) in [6.07, 6.45) is 4.18. The number of hydrogen-bond acceptors (Lipinski definition) is 5. The molecule has 1 amide bonds. The average Bonchev–Trinajstić information content (AvgIpc) is 3.12. The van der Waals surface area contributed by atoms with Crippen LogP contribution in [0.2, 0.25) is 0 Å². The zero-order chi connectivity index (χ0) is 11.7. The molecule has 1 aromatic heterocycles. The molecule has 0 bridgehead atoms. The molecule has 6 nitrogen and oxygen atoms in total. The van der Waals surface area contributed by atoms with Crippen LogP contribution in [0.1, 0.15) is 37.5 Å². The van der Waals surface area contributed by atoms with E-state index >= 15 is 0 Å². The van der Waals surface area contributed by atoms with Crippen LogP contribution < -0.4 is 10.6 Å². The van der Waals surface area contributed by atoms with Crippen molar-refractivity contribution in [2.24, 2.45) is 5.92 Å². The van der Waals surface area contributed by atoms with Gasteiger partial charge in [0.25, 0.3) is 0 Å². The Morgan fingerprint density at radius 3 is 2.94 bits per heavy atom. The zero-order valence-corrected chi connectivity index (χ0v) is 9.61. The van der Waals surface area contributed by atoms with Gasteiger partial charge in [-0.25, -0.2) is 0 Å². The van der Waals surface area contributed by atoms with E-state index < -0.39 is 0 Å². The molecule has 1 aliphatic heterocycles. The van der Waals surface area contributed by atoms with Gasteiger partial charge in [-0.3, -0.25) is 10.1 Å². The summed E-state index contributed by atoms with van der Waals surface area (Å²) in [6.45, 7) is 1.73. The lowest BCUT2D eigenvalue weighted by molar-refractivity contribution is -0.120. The van der Waals surface area contributed by atoms with Gasteiger partial charge >= 0.3 is 6.01 Å². The van der Waals surface area contributed by atoms with Crippen LogP contribution in [0.5, 0.6) is 0 Å². The topological polar surface area (TPSA) is 80.1 Å². The minimum absolute atomic E-state index is 0.0139. The van der Waals surface area contributed by atoms with Crippen molar-refractivity contribution >= 4 is 11.9 Å². The van der Waals surface area contributed by atoms with Gasteiger partial charge in [-0.15, -0.1) is 5.10 Å². The quantitative estimate of drug-likeness (QED) is 0.814. The minimum Gasteiger partial charge on any atom is -0.408 e. The van der Waals surface area contributed by atoms with Crippen LogP contribution in [-0.2, 0) is 4.79 Å². The van der Waals surface area contributed by atoms with Gasteiger partial charge in [-0.05, 0) is 32.2 Å². The van der Waals surface area contributed by atoms with E-state index in [0.29, 0.717) is 11.8 Å². The monoisotopic (exact) mass is 236 g/mol. The molecule has 6 heteroatoms. The highest BCUT2D eigenvalue weighted by molar-refractivity contribution is 5.90. The van der Waals surface area contributed by atoms with Crippen LogP contribution in [0.4, 0.5) is 6.01 Å². The largest absolute Gasteiger partial charge is 0.408 e. The van der Waals surface area contributed by atoms with Crippen LogP contribution >= 0.6 is 0 Å². The summed E-state index contributed by atoms with van der Waals surface area (Å²) >= 11 is 0. The second-order valence-electron chi connectivity index (χ2n) is 4.75.